The molecule has 1 aromatic heterocycles. The minimum atomic E-state index is -3.57. The number of aryl methyl sites for hydroxylation is 1. The van der Waals surface area contributed by atoms with E-state index in [0.717, 1.165) is 5.56 Å². The summed E-state index contributed by atoms with van der Waals surface area (Å²) < 4.78 is 25.8. The molecule has 0 unspecified atom stereocenters. The Kier molecular flexibility index (Phi) is 4.80. The maximum absolute atomic E-state index is 12.1. The highest BCUT2D eigenvalue weighted by Gasteiger charge is 2.37. The summed E-state index contributed by atoms with van der Waals surface area (Å²) in [6.45, 7) is 2.27. The molecule has 3 rings (SSSR count). The molecule has 1 amide bonds. The lowest BCUT2D eigenvalue weighted by Gasteiger charge is -2.04. The molecule has 128 valence electrons. The van der Waals surface area contributed by atoms with Crippen molar-refractivity contribution < 1.29 is 13.2 Å². The Bertz CT molecular complexity index is 859. The molecule has 0 spiro atoms. The molecule has 2 N–H and O–H groups in total. The average molecular weight is 386 g/mol. The molecule has 6 nitrogen and oxygen atoms in total. The molecule has 0 aliphatic heterocycles. The number of amides is 1. The van der Waals surface area contributed by atoms with E-state index in [4.69, 9.17) is 11.6 Å². The van der Waals surface area contributed by atoms with Crippen LogP contribution in [0.4, 0.5) is 5.13 Å². The molecule has 1 fully saturated rings. The quantitative estimate of drug-likeness (QED) is 0.798. The lowest BCUT2D eigenvalue weighted by molar-refractivity contribution is 0.0976. The molecule has 9 heteroatoms. The van der Waals surface area contributed by atoms with Crippen LogP contribution in [0.25, 0.3) is 0 Å². The number of nitrogens with zero attached hydrogens (tertiary/aromatic N) is 1. The van der Waals surface area contributed by atoms with Crippen molar-refractivity contribution in [1.29, 1.82) is 0 Å². The van der Waals surface area contributed by atoms with Gasteiger partial charge in [-0.15, -0.1) is 11.3 Å². The maximum atomic E-state index is 12.1. The summed E-state index contributed by atoms with van der Waals surface area (Å²) >= 11 is 7.15. The summed E-state index contributed by atoms with van der Waals surface area (Å²) in [5, 5.41) is 3.92. The summed E-state index contributed by atoms with van der Waals surface area (Å²) in [5.41, 5.74) is 1.16. The van der Waals surface area contributed by atoms with E-state index in [1.54, 1.807) is 19.1 Å². The van der Waals surface area contributed by atoms with Crippen LogP contribution in [0.15, 0.2) is 24.3 Å². The van der Waals surface area contributed by atoms with Gasteiger partial charge < -0.3 is 5.32 Å². The smallest absolute Gasteiger partial charge is 0.284 e. The van der Waals surface area contributed by atoms with Crippen molar-refractivity contribution in [3.63, 3.8) is 0 Å². The third-order valence-corrected chi connectivity index (χ3v) is 6.57. The summed E-state index contributed by atoms with van der Waals surface area (Å²) in [6.07, 6.45) is 1.21. The number of halogens is 1. The first-order valence-electron chi connectivity index (χ1n) is 7.37. The van der Waals surface area contributed by atoms with Crippen LogP contribution in [0.5, 0.6) is 0 Å². The monoisotopic (exact) mass is 385 g/mol. The number of anilines is 1. The third kappa shape index (κ3) is 4.06. The minimum Gasteiger partial charge on any atom is -0.357 e. The van der Waals surface area contributed by atoms with Crippen molar-refractivity contribution in [1.82, 2.24) is 9.71 Å². The van der Waals surface area contributed by atoms with Crippen LogP contribution in [-0.2, 0) is 16.6 Å². The number of hydrogen-bond donors (Lipinski definition) is 2. The number of carbonyl (C=O) groups is 1. The van der Waals surface area contributed by atoms with Gasteiger partial charge in [0.15, 0.2) is 5.13 Å². The zero-order valence-corrected chi connectivity index (χ0v) is 15.3. The van der Waals surface area contributed by atoms with E-state index < -0.39 is 21.2 Å². The zero-order valence-electron chi connectivity index (χ0n) is 12.9. The van der Waals surface area contributed by atoms with Gasteiger partial charge in [-0.25, -0.2) is 18.1 Å². The van der Waals surface area contributed by atoms with Crippen LogP contribution in [0.1, 0.15) is 33.8 Å². The highest BCUT2D eigenvalue weighted by Crippen LogP contribution is 2.28. The first kappa shape index (κ1) is 17.2. The number of hydrogen-bond acceptors (Lipinski definition) is 6. The van der Waals surface area contributed by atoms with Gasteiger partial charge in [0.25, 0.3) is 5.91 Å². The van der Waals surface area contributed by atoms with E-state index in [0.29, 0.717) is 34.4 Å². The fourth-order valence-corrected chi connectivity index (χ4v) is 4.31. The van der Waals surface area contributed by atoms with E-state index in [1.165, 1.54) is 11.3 Å². The second kappa shape index (κ2) is 6.70. The van der Waals surface area contributed by atoms with Crippen LogP contribution in [0.3, 0.4) is 0 Å². The predicted molar refractivity (Wildman–Crippen MR) is 95.0 cm³/mol. The van der Waals surface area contributed by atoms with Crippen molar-refractivity contribution in [3.05, 3.63) is 45.4 Å². The molecule has 1 aliphatic rings. The molecule has 0 saturated heterocycles. The number of benzene rings is 1. The Balaban J connectivity index is 1.66. The SMILES string of the molecule is Cc1sc(NCc2ccc(Cl)cc2)nc1C(=O)NS(=O)(=O)C1CC1. The minimum absolute atomic E-state index is 0.142. The highest BCUT2D eigenvalue weighted by atomic mass is 35.5. The van der Waals surface area contributed by atoms with E-state index >= 15 is 0 Å². The fraction of sp³-hybridized carbons (Fsp3) is 0.333. The largest absolute Gasteiger partial charge is 0.357 e. The topological polar surface area (TPSA) is 88.2 Å². The Morgan fingerprint density at radius 2 is 2.00 bits per heavy atom. The van der Waals surface area contributed by atoms with Gasteiger partial charge in [-0.1, -0.05) is 23.7 Å². The number of nitrogens with one attached hydrogen (secondary N) is 2. The molecular formula is C15H16ClN3O3S2. The number of thiazole rings is 1. The van der Waals surface area contributed by atoms with Crippen molar-refractivity contribution in [2.45, 2.75) is 31.6 Å². The second-order valence-electron chi connectivity index (χ2n) is 5.58. The predicted octanol–water partition coefficient (Wildman–Crippen LogP) is 2.94. The molecular weight excluding hydrogens is 370 g/mol. The lowest BCUT2D eigenvalue weighted by Crippen LogP contribution is -2.33. The van der Waals surface area contributed by atoms with Crippen LogP contribution in [-0.4, -0.2) is 24.6 Å². The molecule has 0 bridgehead atoms. The zero-order chi connectivity index (χ0) is 17.3. The molecule has 1 saturated carbocycles. The molecule has 0 radical (unpaired) electrons. The van der Waals surface area contributed by atoms with Gasteiger partial charge in [0.05, 0.1) is 5.25 Å². The third-order valence-electron chi connectivity index (χ3n) is 3.57. The fourth-order valence-electron chi connectivity index (χ4n) is 2.10. The molecule has 1 heterocycles. The number of carbonyl (C=O) groups excluding carboxylic acids is 1. The molecule has 2 aromatic rings. The summed E-state index contributed by atoms with van der Waals surface area (Å²) in [6, 6.07) is 7.39. The molecule has 0 atom stereocenters. The Morgan fingerprint density at radius 3 is 2.62 bits per heavy atom. The van der Waals surface area contributed by atoms with Gasteiger partial charge in [-0.2, -0.15) is 0 Å². The van der Waals surface area contributed by atoms with Crippen LogP contribution < -0.4 is 10.0 Å². The standard InChI is InChI=1S/C15H16ClN3O3S2/c1-9-13(14(20)19-24(21,22)12-6-7-12)18-15(23-9)17-8-10-2-4-11(16)5-3-10/h2-5,12H,6-8H2,1H3,(H,17,18)(H,19,20). The summed E-state index contributed by atoms with van der Waals surface area (Å²) in [4.78, 5) is 17.0. The Labute approximate surface area is 149 Å². The average Bonchev–Trinajstić information content (AvgIpc) is 3.31. The van der Waals surface area contributed by atoms with Crippen LogP contribution in [0, 0.1) is 6.92 Å². The summed E-state index contributed by atoms with van der Waals surface area (Å²) in [7, 11) is -3.57. The second-order valence-corrected chi connectivity index (χ2v) is 9.18. The highest BCUT2D eigenvalue weighted by molar-refractivity contribution is 7.91. The Hall–Kier alpha value is -1.64. The maximum Gasteiger partial charge on any atom is 0.284 e. The number of aromatic nitrogens is 1. The van der Waals surface area contributed by atoms with Crippen molar-refractivity contribution in [3.8, 4) is 0 Å². The normalized spacial score (nSPS) is 14.4. The van der Waals surface area contributed by atoms with Gasteiger partial charge in [-0.05, 0) is 37.5 Å². The van der Waals surface area contributed by atoms with Gasteiger partial charge in [0, 0.05) is 16.4 Å². The first-order valence-corrected chi connectivity index (χ1v) is 10.1. The van der Waals surface area contributed by atoms with Crippen molar-refractivity contribution >= 4 is 44.0 Å². The summed E-state index contributed by atoms with van der Waals surface area (Å²) in [5.74, 6) is -0.671. The van der Waals surface area contributed by atoms with Crippen molar-refractivity contribution in [2.75, 3.05) is 5.32 Å². The van der Waals surface area contributed by atoms with Crippen molar-refractivity contribution in [2.24, 2.45) is 0 Å². The molecule has 24 heavy (non-hydrogen) atoms. The van der Waals surface area contributed by atoms with Gasteiger partial charge in [0.1, 0.15) is 5.69 Å². The Morgan fingerprint density at radius 1 is 1.33 bits per heavy atom. The number of sulfonamides is 1. The first-order chi connectivity index (χ1) is 11.3. The van der Waals surface area contributed by atoms with Gasteiger partial charge in [-0.3, -0.25) is 4.79 Å². The van der Waals surface area contributed by atoms with E-state index in [9.17, 15) is 13.2 Å². The van der Waals surface area contributed by atoms with E-state index in [2.05, 4.69) is 15.0 Å². The van der Waals surface area contributed by atoms with E-state index in [-0.39, 0.29) is 5.69 Å². The molecule has 1 aliphatic carbocycles. The van der Waals surface area contributed by atoms with Crippen LogP contribution in [0.2, 0.25) is 5.02 Å². The lowest BCUT2D eigenvalue weighted by atomic mass is 10.2. The molecule has 1 aromatic carbocycles. The van der Waals surface area contributed by atoms with E-state index in [1.807, 2.05) is 12.1 Å². The van der Waals surface area contributed by atoms with Crippen LogP contribution >= 0.6 is 22.9 Å². The van der Waals surface area contributed by atoms with Gasteiger partial charge in [0.2, 0.25) is 10.0 Å². The van der Waals surface area contributed by atoms with Gasteiger partial charge >= 0.3 is 0 Å². The number of rotatable bonds is 6.